The van der Waals surface area contributed by atoms with Crippen molar-refractivity contribution < 1.29 is 9.59 Å². The smallest absolute Gasteiger partial charge is 0.242 e. The van der Waals surface area contributed by atoms with E-state index in [1.54, 1.807) is 12.3 Å². The Morgan fingerprint density at radius 2 is 1.90 bits per heavy atom. The number of carbonyl (C=O) groups is 2. The van der Waals surface area contributed by atoms with Crippen LogP contribution in [-0.4, -0.2) is 22.8 Å². The number of nitrogens with two attached hydrogens (primary N) is 1. The molecule has 2 amide bonds. The molecule has 4 atom stereocenters. The lowest BCUT2D eigenvalue weighted by Gasteiger charge is -2.42. The van der Waals surface area contributed by atoms with Crippen molar-refractivity contribution in [1.29, 1.82) is 0 Å². The lowest BCUT2D eigenvalue weighted by Crippen LogP contribution is -2.49. The summed E-state index contributed by atoms with van der Waals surface area (Å²) in [5.74, 6) is 2.66. The number of carbonyl (C=O) groups excluding carboxylic acids is 2. The standard InChI is InChI=1S/C24H38N4O2/c1-16(2)12-23(29)28-21(24(30)27-15-17-10-11-22(25)26-14-17)13-19-8-5-7-18-6-3-4-9-20(18)19/h10-11,14,16,18-21H,3-9,12-13,15H2,1-2H3,(H2,25,26)(H,27,30)(H,28,29)/t18?,19?,20-,21?/m0/s1. The van der Waals surface area contributed by atoms with Crippen LogP contribution in [0.5, 0.6) is 0 Å². The van der Waals surface area contributed by atoms with Crippen molar-refractivity contribution in [1.82, 2.24) is 15.6 Å². The lowest BCUT2D eigenvalue weighted by atomic mass is 9.64. The fourth-order valence-electron chi connectivity index (χ4n) is 5.38. The van der Waals surface area contributed by atoms with Crippen molar-refractivity contribution in [3.63, 3.8) is 0 Å². The zero-order valence-corrected chi connectivity index (χ0v) is 18.5. The van der Waals surface area contributed by atoms with Gasteiger partial charge in [-0.3, -0.25) is 9.59 Å². The molecule has 6 heteroatoms. The van der Waals surface area contributed by atoms with E-state index in [9.17, 15) is 9.59 Å². The largest absolute Gasteiger partial charge is 0.384 e. The van der Waals surface area contributed by atoms with Gasteiger partial charge in [-0.25, -0.2) is 4.98 Å². The zero-order valence-electron chi connectivity index (χ0n) is 18.5. The molecular formula is C24H38N4O2. The van der Waals surface area contributed by atoms with Crippen LogP contribution in [0.25, 0.3) is 0 Å². The van der Waals surface area contributed by atoms with Crippen LogP contribution in [0, 0.1) is 23.7 Å². The number of aromatic nitrogens is 1. The fraction of sp³-hybridized carbons (Fsp3) is 0.708. The minimum absolute atomic E-state index is 0.0321. The Kier molecular flexibility index (Phi) is 8.11. The van der Waals surface area contributed by atoms with E-state index in [1.165, 1.54) is 44.9 Å². The van der Waals surface area contributed by atoms with Crippen LogP contribution in [0.2, 0.25) is 0 Å². The van der Waals surface area contributed by atoms with E-state index in [4.69, 9.17) is 5.73 Å². The molecule has 0 spiro atoms. The summed E-state index contributed by atoms with van der Waals surface area (Å²) in [6, 6.07) is 3.13. The maximum Gasteiger partial charge on any atom is 0.242 e. The molecular weight excluding hydrogens is 376 g/mol. The summed E-state index contributed by atoms with van der Waals surface area (Å²) in [5.41, 5.74) is 6.54. The quantitative estimate of drug-likeness (QED) is 0.602. The Balaban J connectivity index is 1.64. The highest BCUT2D eigenvalue weighted by Gasteiger charge is 2.37. The number of nitrogens with zero attached hydrogens (tertiary/aromatic N) is 1. The Morgan fingerprint density at radius 3 is 2.63 bits per heavy atom. The molecule has 2 aliphatic rings. The van der Waals surface area contributed by atoms with Crippen molar-refractivity contribution in [2.45, 2.75) is 84.2 Å². The molecule has 1 aromatic rings. The van der Waals surface area contributed by atoms with E-state index in [-0.39, 0.29) is 17.7 Å². The van der Waals surface area contributed by atoms with Gasteiger partial charge in [0, 0.05) is 19.2 Å². The Hall–Kier alpha value is -2.11. The summed E-state index contributed by atoms with van der Waals surface area (Å²) in [6.45, 7) is 4.44. The highest BCUT2D eigenvalue weighted by Crippen LogP contribution is 2.45. The maximum absolute atomic E-state index is 13.1. The molecule has 1 heterocycles. The zero-order chi connectivity index (χ0) is 21.5. The minimum atomic E-state index is -0.469. The van der Waals surface area contributed by atoms with E-state index in [0.29, 0.717) is 30.6 Å². The van der Waals surface area contributed by atoms with Gasteiger partial charge in [-0.2, -0.15) is 0 Å². The van der Waals surface area contributed by atoms with Crippen molar-refractivity contribution in [3.05, 3.63) is 23.9 Å². The van der Waals surface area contributed by atoms with Gasteiger partial charge >= 0.3 is 0 Å². The molecule has 0 aliphatic heterocycles. The Morgan fingerprint density at radius 1 is 1.13 bits per heavy atom. The molecule has 0 saturated heterocycles. The molecule has 0 aromatic carbocycles. The van der Waals surface area contributed by atoms with Crippen molar-refractivity contribution in [2.24, 2.45) is 23.7 Å². The Labute approximate surface area is 180 Å². The van der Waals surface area contributed by atoms with E-state index < -0.39 is 6.04 Å². The average molecular weight is 415 g/mol. The monoisotopic (exact) mass is 414 g/mol. The summed E-state index contributed by atoms with van der Waals surface area (Å²) in [4.78, 5) is 29.6. The maximum atomic E-state index is 13.1. The van der Waals surface area contributed by atoms with E-state index in [0.717, 1.165) is 17.9 Å². The van der Waals surface area contributed by atoms with Gasteiger partial charge in [0.15, 0.2) is 0 Å². The van der Waals surface area contributed by atoms with E-state index >= 15 is 0 Å². The summed E-state index contributed by atoms with van der Waals surface area (Å²) in [6.07, 6.45) is 11.9. The first-order valence-electron chi connectivity index (χ1n) is 11.7. The van der Waals surface area contributed by atoms with Gasteiger partial charge in [-0.15, -0.1) is 0 Å². The molecule has 3 rings (SSSR count). The number of amides is 2. The molecule has 166 valence electrons. The van der Waals surface area contributed by atoms with Gasteiger partial charge in [0.05, 0.1) is 0 Å². The van der Waals surface area contributed by atoms with Crippen LogP contribution < -0.4 is 16.4 Å². The molecule has 4 N–H and O–H groups in total. The van der Waals surface area contributed by atoms with Crippen LogP contribution >= 0.6 is 0 Å². The predicted octanol–water partition coefficient (Wildman–Crippen LogP) is 3.81. The van der Waals surface area contributed by atoms with Gasteiger partial charge in [-0.1, -0.05) is 58.4 Å². The second-order valence-electron chi connectivity index (χ2n) is 9.66. The van der Waals surface area contributed by atoms with Crippen molar-refractivity contribution in [2.75, 3.05) is 5.73 Å². The van der Waals surface area contributed by atoms with Gasteiger partial charge in [-0.05, 0) is 48.1 Å². The number of nitrogens with one attached hydrogen (secondary N) is 2. The van der Waals surface area contributed by atoms with Gasteiger partial charge in [0.2, 0.25) is 11.8 Å². The third-order valence-corrected chi connectivity index (χ3v) is 6.82. The first-order chi connectivity index (χ1) is 14.4. The third kappa shape index (κ3) is 6.44. The highest BCUT2D eigenvalue weighted by molar-refractivity contribution is 5.87. The second kappa shape index (κ2) is 10.8. The van der Waals surface area contributed by atoms with E-state index in [1.807, 2.05) is 19.9 Å². The molecule has 0 radical (unpaired) electrons. The summed E-state index contributed by atoms with van der Waals surface area (Å²) < 4.78 is 0. The number of hydrogen-bond donors (Lipinski definition) is 3. The first-order valence-corrected chi connectivity index (χ1v) is 11.7. The lowest BCUT2D eigenvalue weighted by molar-refractivity contribution is -0.130. The molecule has 1 aromatic heterocycles. The van der Waals surface area contributed by atoms with Gasteiger partial charge < -0.3 is 16.4 Å². The van der Waals surface area contributed by atoms with Crippen LogP contribution in [0.3, 0.4) is 0 Å². The van der Waals surface area contributed by atoms with Crippen LogP contribution in [0.1, 0.15) is 77.2 Å². The SMILES string of the molecule is CC(C)CC(=O)NC(CC1CCCC2CCCC[C@@H]21)C(=O)NCc1ccc(N)nc1. The van der Waals surface area contributed by atoms with Crippen LogP contribution in [-0.2, 0) is 16.1 Å². The summed E-state index contributed by atoms with van der Waals surface area (Å²) in [7, 11) is 0. The van der Waals surface area contributed by atoms with Crippen LogP contribution in [0.15, 0.2) is 18.3 Å². The van der Waals surface area contributed by atoms with Gasteiger partial charge in [0.1, 0.15) is 11.9 Å². The molecule has 3 unspecified atom stereocenters. The number of nitrogen functional groups attached to an aromatic ring is 1. The van der Waals surface area contributed by atoms with Gasteiger partial charge in [0.25, 0.3) is 0 Å². The molecule has 0 bridgehead atoms. The molecule has 2 fully saturated rings. The minimum Gasteiger partial charge on any atom is -0.384 e. The number of anilines is 1. The highest BCUT2D eigenvalue weighted by atomic mass is 16.2. The molecule has 2 saturated carbocycles. The molecule has 6 nitrogen and oxygen atoms in total. The summed E-state index contributed by atoms with van der Waals surface area (Å²) >= 11 is 0. The second-order valence-corrected chi connectivity index (χ2v) is 9.66. The normalized spacial score (nSPS) is 24.7. The number of rotatable bonds is 8. The molecule has 30 heavy (non-hydrogen) atoms. The number of hydrogen-bond acceptors (Lipinski definition) is 4. The van der Waals surface area contributed by atoms with Crippen LogP contribution in [0.4, 0.5) is 5.82 Å². The fourth-order valence-corrected chi connectivity index (χ4v) is 5.38. The average Bonchev–Trinajstić information content (AvgIpc) is 2.72. The summed E-state index contributed by atoms with van der Waals surface area (Å²) in [5, 5.41) is 6.05. The van der Waals surface area contributed by atoms with E-state index in [2.05, 4.69) is 15.6 Å². The predicted molar refractivity (Wildman–Crippen MR) is 119 cm³/mol. The topological polar surface area (TPSA) is 97.1 Å². The number of fused-ring (bicyclic) bond motifs is 1. The number of pyridine rings is 1. The third-order valence-electron chi connectivity index (χ3n) is 6.82. The Bertz CT molecular complexity index is 702. The van der Waals surface area contributed by atoms with Crippen molar-refractivity contribution >= 4 is 17.6 Å². The van der Waals surface area contributed by atoms with Crippen molar-refractivity contribution in [3.8, 4) is 0 Å². The first kappa shape index (κ1) is 22.6. The molecule has 2 aliphatic carbocycles.